The van der Waals surface area contributed by atoms with Gasteiger partial charge in [0.05, 0.1) is 64.2 Å². The normalized spacial score (nSPS) is 17.0. The second-order valence-corrected chi connectivity index (χ2v) is 9.86. The fourth-order valence-corrected chi connectivity index (χ4v) is 4.44. The standard InChI is InChI=1S/C27H35N5O8S.C2H6/c28-20-41-23-16-22(30-25(17-23)27(35)36)19-32-6-10-39-14-12-37-8-4-31(5-9-38-13-15-40-11-7-32)18-21-2-1-3-24(29-21)26(33)34;1-2/h1-3,16-17H,4-15,18-19H2,(H,33,34)(H,35,36);1-2H3. The van der Waals surface area contributed by atoms with Gasteiger partial charge in [0.25, 0.3) is 0 Å². The van der Waals surface area contributed by atoms with Crippen LogP contribution in [0.1, 0.15) is 46.2 Å². The Labute approximate surface area is 256 Å². The van der Waals surface area contributed by atoms with Crippen LogP contribution in [0.5, 0.6) is 0 Å². The van der Waals surface area contributed by atoms with Crippen LogP contribution in [0.15, 0.2) is 35.2 Å². The minimum atomic E-state index is -1.15. The van der Waals surface area contributed by atoms with Gasteiger partial charge in [-0.1, -0.05) is 19.9 Å². The zero-order valence-electron chi connectivity index (χ0n) is 24.8. The number of aromatic nitrogens is 2. The highest BCUT2D eigenvalue weighted by atomic mass is 32.2. The summed E-state index contributed by atoms with van der Waals surface area (Å²) >= 11 is 0.894. The average molecular weight is 620 g/mol. The van der Waals surface area contributed by atoms with Gasteiger partial charge in [-0.15, -0.1) is 0 Å². The van der Waals surface area contributed by atoms with E-state index in [1.165, 1.54) is 12.1 Å². The lowest BCUT2D eigenvalue weighted by Gasteiger charge is -2.23. The van der Waals surface area contributed by atoms with Crippen LogP contribution in [0.2, 0.25) is 0 Å². The summed E-state index contributed by atoms with van der Waals surface area (Å²) in [5.41, 5.74) is 1.11. The van der Waals surface area contributed by atoms with Gasteiger partial charge in [0.1, 0.15) is 16.8 Å². The monoisotopic (exact) mass is 619 g/mol. The molecule has 1 aliphatic rings. The topological polar surface area (TPSA) is 168 Å². The Balaban J connectivity index is 0.00000316. The second kappa shape index (κ2) is 21.5. The Bertz CT molecular complexity index is 1150. The number of carboxylic acids is 2. The maximum absolute atomic E-state index is 11.5. The summed E-state index contributed by atoms with van der Waals surface area (Å²) in [7, 11) is 0. The predicted molar refractivity (Wildman–Crippen MR) is 159 cm³/mol. The summed E-state index contributed by atoms with van der Waals surface area (Å²) in [6, 6.07) is 8.06. The number of hydrogen-bond acceptors (Lipinski definition) is 12. The highest BCUT2D eigenvalue weighted by molar-refractivity contribution is 8.03. The van der Waals surface area contributed by atoms with E-state index < -0.39 is 11.9 Å². The summed E-state index contributed by atoms with van der Waals surface area (Å²) in [5, 5.41) is 29.6. The van der Waals surface area contributed by atoms with Crippen molar-refractivity contribution in [1.82, 2.24) is 19.8 Å². The highest BCUT2D eigenvalue weighted by Crippen LogP contribution is 2.19. The SMILES string of the molecule is CC.N#CSc1cc(CN2CCOCCOCCN(Cc3cccc(C(=O)O)n3)CCOCCOCC2)nc(C(=O)O)c1. The second-order valence-electron chi connectivity index (χ2n) is 9.00. The lowest BCUT2D eigenvalue weighted by molar-refractivity contribution is 0.00596. The summed E-state index contributed by atoms with van der Waals surface area (Å²) < 4.78 is 23.0. The molecule has 0 amide bonds. The molecule has 14 heteroatoms. The molecule has 2 N–H and O–H groups in total. The van der Waals surface area contributed by atoms with Crippen molar-refractivity contribution in [1.29, 1.82) is 5.26 Å². The number of rotatable bonds is 7. The van der Waals surface area contributed by atoms with Gasteiger partial charge in [-0.3, -0.25) is 9.80 Å². The molecule has 13 nitrogen and oxygen atoms in total. The van der Waals surface area contributed by atoms with E-state index >= 15 is 0 Å². The summed E-state index contributed by atoms with van der Waals surface area (Å²) in [6.45, 7) is 10.6. The van der Waals surface area contributed by atoms with Gasteiger partial charge in [0.2, 0.25) is 0 Å². The third-order valence-electron chi connectivity index (χ3n) is 5.98. The van der Waals surface area contributed by atoms with Crippen LogP contribution in [0.3, 0.4) is 0 Å². The molecule has 0 aliphatic carbocycles. The van der Waals surface area contributed by atoms with Gasteiger partial charge >= 0.3 is 11.9 Å². The third kappa shape index (κ3) is 14.7. The van der Waals surface area contributed by atoms with Crippen LogP contribution < -0.4 is 0 Å². The molecule has 2 aromatic heterocycles. The maximum atomic E-state index is 11.5. The van der Waals surface area contributed by atoms with Crippen molar-refractivity contribution in [2.45, 2.75) is 31.8 Å². The van der Waals surface area contributed by atoms with E-state index in [4.69, 9.17) is 24.2 Å². The minimum Gasteiger partial charge on any atom is -0.477 e. The van der Waals surface area contributed by atoms with E-state index in [-0.39, 0.29) is 11.4 Å². The van der Waals surface area contributed by atoms with Crippen molar-refractivity contribution in [2.24, 2.45) is 0 Å². The smallest absolute Gasteiger partial charge is 0.354 e. The number of nitrogens with zero attached hydrogens (tertiary/aromatic N) is 5. The van der Waals surface area contributed by atoms with Crippen molar-refractivity contribution in [3.63, 3.8) is 0 Å². The Kier molecular flexibility index (Phi) is 18.0. The van der Waals surface area contributed by atoms with Crippen LogP contribution in [0, 0.1) is 10.7 Å². The number of hydrogen-bond donors (Lipinski definition) is 2. The molecular formula is C29H41N5O8S. The molecule has 1 fully saturated rings. The number of thiocyanates is 1. The molecule has 0 unspecified atom stereocenters. The summed E-state index contributed by atoms with van der Waals surface area (Å²) in [5.74, 6) is -2.21. The molecule has 2 aromatic rings. The van der Waals surface area contributed by atoms with Gasteiger partial charge in [-0.25, -0.2) is 19.6 Å². The maximum Gasteiger partial charge on any atom is 0.354 e. The molecule has 0 saturated carbocycles. The molecule has 0 atom stereocenters. The van der Waals surface area contributed by atoms with E-state index in [0.717, 1.165) is 11.8 Å². The van der Waals surface area contributed by atoms with E-state index in [2.05, 4.69) is 19.8 Å². The van der Waals surface area contributed by atoms with Gasteiger partial charge in [-0.2, -0.15) is 5.26 Å². The van der Waals surface area contributed by atoms with Crippen molar-refractivity contribution in [3.05, 3.63) is 53.1 Å². The zero-order chi connectivity index (χ0) is 31.3. The van der Waals surface area contributed by atoms with E-state index in [1.807, 2.05) is 19.2 Å². The van der Waals surface area contributed by atoms with Crippen molar-refractivity contribution in [2.75, 3.05) is 79.0 Å². The first-order valence-corrected chi connectivity index (χ1v) is 15.0. The van der Waals surface area contributed by atoms with Crippen LogP contribution in [0.25, 0.3) is 0 Å². The largest absolute Gasteiger partial charge is 0.477 e. The van der Waals surface area contributed by atoms with Gasteiger partial charge in [0, 0.05) is 44.2 Å². The first-order chi connectivity index (χ1) is 20.9. The molecule has 3 rings (SSSR count). The Morgan fingerprint density at radius 3 is 1.70 bits per heavy atom. The number of aromatic carboxylic acids is 2. The number of ether oxygens (including phenoxy) is 4. The zero-order valence-corrected chi connectivity index (χ0v) is 25.6. The quantitative estimate of drug-likeness (QED) is 0.343. The molecule has 0 bridgehead atoms. The van der Waals surface area contributed by atoms with E-state index in [0.29, 0.717) is 108 Å². The van der Waals surface area contributed by atoms with E-state index in [1.54, 1.807) is 18.2 Å². The van der Waals surface area contributed by atoms with Crippen LogP contribution in [0.4, 0.5) is 0 Å². The van der Waals surface area contributed by atoms with E-state index in [9.17, 15) is 19.8 Å². The van der Waals surface area contributed by atoms with Crippen molar-refractivity contribution in [3.8, 4) is 5.40 Å². The van der Waals surface area contributed by atoms with Gasteiger partial charge in [0.15, 0.2) is 0 Å². The van der Waals surface area contributed by atoms with Crippen LogP contribution >= 0.6 is 11.8 Å². The Morgan fingerprint density at radius 2 is 1.23 bits per heavy atom. The number of pyridine rings is 2. The minimum absolute atomic E-state index is 0.0112. The Hall–Kier alpha value is -3.16. The summed E-state index contributed by atoms with van der Waals surface area (Å²) in [6.07, 6.45) is 0. The number of thioether (sulfide) groups is 1. The first kappa shape index (κ1) is 36.0. The molecular weight excluding hydrogens is 578 g/mol. The Morgan fingerprint density at radius 1 is 0.767 bits per heavy atom. The fourth-order valence-electron chi connectivity index (χ4n) is 3.97. The molecule has 0 radical (unpaired) electrons. The lowest BCUT2D eigenvalue weighted by atomic mass is 10.2. The number of carbonyl (C=O) groups is 2. The molecule has 236 valence electrons. The van der Waals surface area contributed by atoms with Crippen LogP contribution in [-0.4, -0.2) is 121 Å². The van der Waals surface area contributed by atoms with Crippen molar-refractivity contribution < 1.29 is 38.7 Å². The predicted octanol–water partition coefficient (Wildman–Crippen LogP) is 2.86. The third-order valence-corrected chi connectivity index (χ3v) is 6.55. The first-order valence-electron chi connectivity index (χ1n) is 14.2. The number of nitriles is 1. The summed E-state index contributed by atoms with van der Waals surface area (Å²) in [4.78, 5) is 35.9. The number of carboxylic acid groups (broad SMARTS) is 2. The molecule has 1 saturated heterocycles. The fraction of sp³-hybridized carbons (Fsp3) is 0.552. The average Bonchev–Trinajstić information content (AvgIpc) is 3.00. The molecule has 1 aliphatic heterocycles. The van der Waals surface area contributed by atoms with Gasteiger partial charge < -0.3 is 29.2 Å². The molecule has 43 heavy (non-hydrogen) atoms. The van der Waals surface area contributed by atoms with Gasteiger partial charge in [-0.05, 0) is 36.0 Å². The highest BCUT2D eigenvalue weighted by Gasteiger charge is 2.14. The molecule has 0 aromatic carbocycles. The van der Waals surface area contributed by atoms with Crippen molar-refractivity contribution >= 4 is 23.7 Å². The molecule has 0 spiro atoms. The molecule has 3 heterocycles. The lowest BCUT2D eigenvalue weighted by Crippen LogP contribution is -2.33. The van der Waals surface area contributed by atoms with Crippen LogP contribution in [-0.2, 0) is 32.0 Å².